The number of aromatic hydroxyl groups is 1. The minimum atomic E-state index is -0.451. The fraction of sp³-hybridized carbons (Fsp3) is 0.200. The number of fused-ring (bicyclic) bond motifs is 1. The highest BCUT2D eigenvalue weighted by molar-refractivity contribution is 7.16. The van der Waals surface area contributed by atoms with Crippen molar-refractivity contribution in [2.45, 2.75) is 0 Å². The molecule has 1 aromatic carbocycles. The lowest BCUT2D eigenvalue weighted by atomic mass is 10.1. The van der Waals surface area contributed by atoms with Crippen LogP contribution in [-0.2, 0) is 0 Å². The maximum absolute atomic E-state index is 11.6. The zero-order chi connectivity index (χ0) is 11.7. The summed E-state index contributed by atoms with van der Waals surface area (Å²) in [7, 11) is 1.64. The zero-order valence-corrected chi connectivity index (χ0v) is 9.26. The second-order valence-electron chi connectivity index (χ2n) is 3.22. The first-order valence-corrected chi connectivity index (χ1v) is 5.38. The first-order valence-electron chi connectivity index (χ1n) is 4.56. The monoisotopic (exact) mass is 239 g/mol. The Bertz CT molecular complexity index is 598. The number of phenolic OH excluding ortho intramolecular Hbond substituents is 1. The van der Waals surface area contributed by atoms with Crippen LogP contribution >= 0.6 is 11.3 Å². The van der Waals surface area contributed by atoms with Gasteiger partial charge in [-0.3, -0.25) is 4.79 Å². The summed E-state index contributed by atoms with van der Waals surface area (Å²) in [6, 6.07) is 2.76. The summed E-state index contributed by atoms with van der Waals surface area (Å²) < 4.78 is 5.40. The molecule has 1 aromatic heterocycles. The van der Waals surface area contributed by atoms with E-state index in [1.807, 2.05) is 0 Å². The molecule has 2 aromatic rings. The topological polar surface area (TPSA) is 79.5 Å². The van der Waals surface area contributed by atoms with Crippen molar-refractivity contribution in [3.63, 3.8) is 0 Å². The summed E-state index contributed by atoms with van der Waals surface area (Å²) in [5.74, 6) is -0.388. The molecule has 0 bridgehead atoms. The van der Waals surface area contributed by atoms with Gasteiger partial charge in [0.1, 0.15) is 5.75 Å². The fourth-order valence-corrected chi connectivity index (χ4v) is 2.07. The Hall–Kier alpha value is -1.66. The normalized spacial score (nSPS) is 10.8. The number of rotatable bonds is 3. The Morgan fingerprint density at radius 3 is 3.00 bits per heavy atom. The number of carbonyl (C=O) groups excluding carboxylic acids is 1. The average molecular weight is 239 g/mol. The Kier molecular flexibility index (Phi) is 2.76. The molecule has 2 N–H and O–H groups in total. The van der Waals surface area contributed by atoms with Crippen LogP contribution < -0.4 is 10.3 Å². The van der Waals surface area contributed by atoms with E-state index >= 15 is 0 Å². The summed E-state index contributed by atoms with van der Waals surface area (Å²) >= 11 is 0.891. The first-order chi connectivity index (χ1) is 7.61. The molecule has 0 saturated heterocycles. The van der Waals surface area contributed by atoms with E-state index in [2.05, 4.69) is 5.32 Å². The number of hydrogen-bond acceptors (Lipinski definition) is 6. The van der Waals surface area contributed by atoms with Crippen molar-refractivity contribution < 1.29 is 14.3 Å². The highest BCUT2D eigenvalue weighted by Crippen LogP contribution is 2.26. The van der Waals surface area contributed by atoms with Crippen LogP contribution in [0.2, 0.25) is 0 Å². The van der Waals surface area contributed by atoms with Gasteiger partial charge in [-0.05, 0) is 13.1 Å². The molecule has 0 aliphatic heterocycles. The lowest BCUT2D eigenvalue weighted by molar-refractivity contribution is 0.0991. The number of carbonyl (C=O) groups is 1. The Labute approximate surface area is 94.3 Å². The van der Waals surface area contributed by atoms with Gasteiger partial charge in [0.05, 0.1) is 16.8 Å². The molecule has 0 radical (unpaired) electrons. The van der Waals surface area contributed by atoms with E-state index in [0.717, 1.165) is 11.3 Å². The number of hydrogen-bond donors (Lipinski definition) is 2. The van der Waals surface area contributed by atoms with Gasteiger partial charge >= 0.3 is 4.94 Å². The summed E-state index contributed by atoms with van der Waals surface area (Å²) in [6.45, 7) is 0.118. The van der Waals surface area contributed by atoms with E-state index < -0.39 is 4.94 Å². The fourth-order valence-electron chi connectivity index (χ4n) is 1.39. The van der Waals surface area contributed by atoms with Crippen molar-refractivity contribution in [1.82, 2.24) is 5.32 Å². The van der Waals surface area contributed by atoms with Gasteiger partial charge < -0.3 is 14.8 Å². The van der Waals surface area contributed by atoms with E-state index in [0.29, 0.717) is 10.3 Å². The molecular formula is C10H9NO4S. The number of benzene rings is 1. The minimum Gasteiger partial charge on any atom is -0.507 e. The molecule has 0 fully saturated rings. The van der Waals surface area contributed by atoms with Gasteiger partial charge in [-0.25, -0.2) is 4.79 Å². The average Bonchev–Trinajstić information content (AvgIpc) is 2.56. The van der Waals surface area contributed by atoms with Crippen molar-refractivity contribution in [1.29, 1.82) is 0 Å². The zero-order valence-electron chi connectivity index (χ0n) is 8.44. The van der Waals surface area contributed by atoms with E-state index in [4.69, 9.17) is 4.42 Å². The van der Waals surface area contributed by atoms with Gasteiger partial charge in [0.25, 0.3) is 0 Å². The van der Waals surface area contributed by atoms with E-state index in [1.165, 1.54) is 12.1 Å². The van der Waals surface area contributed by atoms with Crippen molar-refractivity contribution in [2.24, 2.45) is 0 Å². The number of Topliss-reactive ketones (excluding diaryl/α,β-unsaturated/α-hetero) is 1. The standard InChI is InChI=1S/C10H9NO4S/c1-11-4-7(13)5-2-8-9(3-6(5)12)16-10(14)15-8/h2-3,11-12H,4H2,1H3. The van der Waals surface area contributed by atoms with Crippen LogP contribution in [0.25, 0.3) is 10.3 Å². The molecule has 0 spiro atoms. The third kappa shape index (κ3) is 1.84. The van der Waals surface area contributed by atoms with Crippen LogP contribution in [-0.4, -0.2) is 24.5 Å². The van der Waals surface area contributed by atoms with Gasteiger partial charge in [-0.15, -0.1) is 0 Å². The van der Waals surface area contributed by atoms with Crippen LogP contribution in [0.15, 0.2) is 21.3 Å². The summed E-state index contributed by atoms with van der Waals surface area (Å²) in [5.41, 5.74) is 0.482. The predicted octanol–water partition coefficient (Wildman–Crippen LogP) is 0.962. The van der Waals surface area contributed by atoms with Crippen molar-refractivity contribution in [2.75, 3.05) is 13.6 Å². The van der Waals surface area contributed by atoms with Crippen molar-refractivity contribution in [3.05, 3.63) is 27.4 Å². The van der Waals surface area contributed by atoms with Gasteiger partial charge in [-0.1, -0.05) is 11.3 Å². The Morgan fingerprint density at radius 1 is 1.56 bits per heavy atom. The van der Waals surface area contributed by atoms with Crippen LogP contribution in [0.3, 0.4) is 0 Å². The second kappa shape index (κ2) is 4.07. The maximum atomic E-state index is 11.6. The molecule has 16 heavy (non-hydrogen) atoms. The summed E-state index contributed by atoms with van der Waals surface area (Å²) in [4.78, 5) is 22.1. The lowest BCUT2D eigenvalue weighted by Gasteiger charge is -2.02. The third-order valence-corrected chi connectivity index (χ3v) is 2.88. The quantitative estimate of drug-likeness (QED) is 0.780. The third-order valence-electron chi connectivity index (χ3n) is 2.09. The maximum Gasteiger partial charge on any atom is 0.396 e. The number of ketones is 1. The molecule has 0 saturated carbocycles. The second-order valence-corrected chi connectivity index (χ2v) is 4.20. The van der Waals surface area contributed by atoms with Gasteiger partial charge in [-0.2, -0.15) is 0 Å². The Morgan fingerprint density at radius 2 is 2.31 bits per heavy atom. The summed E-state index contributed by atoms with van der Waals surface area (Å²) in [6.07, 6.45) is 0. The van der Waals surface area contributed by atoms with Crippen LogP contribution in [0.4, 0.5) is 0 Å². The van der Waals surface area contributed by atoms with Crippen molar-refractivity contribution in [3.8, 4) is 5.75 Å². The van der Waals surface area contributed by atoms with Crippen molar-refractivity contribution >= 4 is 27.4 Å². The Balaban J connectivity index is 2.57. The molecule has 0 aliphatic carbocycles. The molecule has 5 nitrogen and oxygen atoms in total. The van der Waals surface area contributed by atoms with Crippen LogP contribution in [0, 0.1) is 0 Å². The minimum absolute atomic E-state index is 0.118. The lowest BCUT2D eigenvalue weighted by Crippen LogP contribution is -2.18. The SMILES string of the molecule is CNCC(=O)c1cc2oc(=O)sc2cc1O. The van der Waals surface area contributed by atoms with Gasteiger partial charge in [0.15, 0.2) is 11.4 Å². The molecule has 1 heterocycles. The molecular weight excluding hydrogens is 230 g/mol. The largest absolute Gasteiger partial charge is 0.507 e. The molecule has 0 amide bonds. The highest BCUT2D eigenvalue weighted by Gasteiger charge is 2.14. The molecule has 0 atom stereocenters. The van der Waals surface area contributed by atoms with Crippen LogP contribution in [0.5, 0.6) is 5.75 Å². The molecule has 6 heteroatoms. The number of phenols is 1. The van der Waals surface area contributed by atoms with E-state index in [-0.39, 0.29) is 23.6 Å². The molecule has 0 unspecified atom stereocenters. The number of likely N-dealkylation sites (N-methyl/N-ethyl adjacent to an activating group) is 1. The smallest absolute Gasteiger partial charge is 0.396 e. The van der Waals surface area contributed by atoms with E-state index in [9.17, 15) is 14.7 Å². The predicted molar refractivity (Wildman–Crippen MR) is 60.3 cm³/mol. The highest BCUT2D eigenvalue weighted by atomic mass is 32.1. The summed E-state index contributed by atoms with van der Waals surface area (Å²) in [5, 5.41) is 12.3. The molecule has 0 aliphatic rings. The van der Waals surface area contributed by atoms with Gasteiger partial charge in [0, 0.05) is 6.07 Å². The van der Waals surface area contributed by atoms with E-state index in [1.54, 1.807) is 7.05 Å². The van der Waals surface area contributed by atoms with Gasteiger partial charge in [0.2, 0.25) is 0 Å². The molecule has 84 valence electrons. The number of nitrogens with one attached hydrogen (secondary N) is 1. The first kappa shape index (κ1) is 10.8. The molecule has 2 rings (SSSR count). The van der Waals surface area contributed by atoms with Crippen LogP contribution in [0.1, 0.15) is 10.4 Å².